The smallest absolute Gasteiger partial charge is 0.0480 e. The van der Waals surface area contributed by atoms with Gasteiger partial charge in [-0.25, -0.2) is 0 Å². The standard InChI is InChI=1S/C11H25NO/c1-5-8-13-9-7-11(12-4)10(3)6-2/h10-12H,5-9H2,1-4H3. The van der Waals surface area contributed by atoms with E-state index in [1.807, 2.05) is 7.05 Å². The monoisotopic (exact) mass is 187 g/mol. The molecule has 0 aliphatic carbocycles. The summed E-state index contributed by atoms with van der Waals surface area (Å²) in [5, 5.41) is 3.35. The normalized spacial score (nSPS) is 15.7. The molecule has 13 heavy (non-hydrogen) atoms. The van der Waals surface area contributed by atoms with Gasteiger partial charge in [-0.1, -0.05) is 27.2 Å². The van der Waals surface area contributed by atoms with Gasteiger partial charge in [0.25, 0.3) is 0 Å². The molecule has 0 aliphatic heterocycles. The van der Waals surface area contributed by atoms with Crippen molar-refractivity contribution in [2.75, 3.05) is 20.3 Å². The third-order valence-corrected chi connectivity index (χ3v) is 2.62. The molecule has 0 aromatic heterocycles. The summed E-state index contributed by atoms with van der Waals surface area (Å²) in [6, 6.07) is 0.613. The Balaban J connectivity index is 3.47. The maximum atomic E-state index is 5.47. The molecule has 0 spiro atoms. The van der Waals surface area contributed by atoms with E-state index < -0.39 is 0 Å². The minimum absolute atomic E-state index is 0.613. The van der Waals surface area contributed by atoms with Gasteiger partial charge in [-0.15, -0.1) is 0 Å². The molecule has 0 heterocycles. The average Bonchev–Trinajstić information content (AvgIpc) is 2.17. The summed E-state index contributed by atoms with van der Waals surface area (Å²) in [7, 11) is 2.04. The molecule has 0 rings (SSSR count). The van der Waals surface area contributed by atoms with E-state index in [0.29, 0.717) is 6.04 Å². The third-order valence-electron chi connectivity index (χ3n) is 2.62. The Kier molecular flexibility index (Phi) is 8.46. The van der Waals surface area contributed by atoms with E-state index in [-0.39, 0.29) is 0 Å². The molecule has 0 saturated heterocycles. The Morgan fingerprint density at radius 3 is 2.38 bits per heavy atom. The van der Waals surface area contributed by atoms with Gasteiger partial charge in [0.2, 0.25) is 0 Å². The molecular weight excluding hydrogens is 162 g/mol. The Morgan fingerprint density at radius 1 is 1.23 bits per heavy atom. The van der Waals surface area contributed by atoms with E-state index in [1.165, 1.54) is 6.42 Å². The van der Waals surface area contributed by atoms with Crippen LogP contribution in [-0.2, 0) is 4.74 Å². The minimum atomic E-state index is 0.613. The van der Waals surface area contributed by atoms with Crippen LogP contribution >= 0.6 is 0 Å². The van der Waals surface area contributed by atoms with Crippen molar-refractivity contribution in [2.45, 2.75) is 46.1 Å². The number of ether oxygens (including phenoxy) is 1. The number of hydrogen-bond acceptors (Lipinski definition) is 2. The first-order chi connectivity index (χ1) is 6.26. The molecule has 0 aromatic rings. The predicted molar refractivity (Wildman–Crippen MR) is 58.0 cm³/mol. The summed E-state index contributed by atoms with van der Waals surface area (Å²) in [6.07, 6.45) is 3.48. The van der Waals surface area contributed by atoms with Gasteiger partial charge < -0.3 is 10.1 Å². The van der Waals surface area contributed by atoms with Gasteiger partial charge in [0.15, 0.2) is 0 Å². The predicted octanol–water partition coefficient (Wildman–Crippen LogP) is 2.44. The summed E-state index contributed by atoms with van der Waals surface area (Å²) in [4.78, 5) is 0. The Labute approximate surface area is 83.1 Å². The molecule has 2 heteroatoms. The lowest BCUT2D eigenvalue weighted by molar-refractivity contribution is 0.119. The van der Waals surface area contributed by atoms with Gasteiger partial charge in [0.05, 0.1) is 0 Å². The molecule has 1 N–H and O–H groups in total. The van der Waals surface area contributed by atoms with Crippen LogP contribution in [0, 0.1) is 5.92 Å². The lowest BCUT2D eigenvalue weighted by atomic mass is 9.97. The molecule has 0 bridgehead atoms. The summed E-state index contributed by atoms with van der Waals surface area (Å²) >= 11 is 0. The molecular formula is C11H25NO. The Bertz CT molecular complexity index is 106. The fraction of sp³-hybridized carbons (Fsp3) is 1.00. The van der Waals surface area contributed by atoms with Gasteiger partial charge in [-0.3, -0.25) is 0 Å². The van der Waals surface area contributed by atoms with Gasteiger partial charge >= 0.3 is 0 Å². The largest absolute Gasteiger partial charge is 0.381 e. The molecule has 0 aromatic carbocycles. The first kappa shape index (κ1) is 12.9. The second-order valence-electron chi connectivity index (χ2n) is 3.68. The highest BCUT2D eigenvalue weighted by atomic mass is 16.5. The quantitative estimate of drug-likeness (QED) is 0.589. The number of hydrogen-bond donors (Lipinski definition) is 1. The Hall–Kier alpha value is -0.0800. The third kappa shape index (κ3) is 6.05. The van der Waals surface area contributed by atoms with Crippen LogP contribution in [0.1, 0.15) is 40.0 Å². The van der Waals surface area contributed by atoms with Crippen molar-refractivity contribution in [3.05, 3.63) is 0 Å². The fourth-order valence-corrected chi connectivity index (χ4v) is 1.45. The lowest BCUT2D eigenvalue weighted by Gasteiger charge is -2.22. The van der Waals surface area contributed by atoms with Crippen LogP contribution in [0.2, 0.25) is 0 Å². The zero-order chi connectivity index (χ0) is 10.1. The highest BCUT2D eigenvalue weighted by Gasteiger charge is 2.12. The van der Waals surface area contributed by atoms with E-state index in [4.69, 9.17) is 4.74 Å². The Morgan fingerprint density at radius 2 is 1.92 bits per heavy atom. The number of nitrogens with one attached hydrogen (secondary N) is 1. The van der Waals surface area contributed by atoms with Crippen molar-refractivity contribution in [2.24, 2.45) is 5.92 Å². The molecule has 0 saturated carbocycles. The van der Waals surface area contributed by atoms with Crippen LogP contribution in [0.4, 0.5) is 0 Å². The van der Waals surface area contributed by atoms with Gasteiger partial charge in [0, 0.05) is 19.3 Å². The van der Waals surface area contributed by atoms with E-state index in [1.54, 1.807) is 0 Å². The van der Waals surface area contributed by atoms with Crippen molar-refractivity contribution in [1.29, 1.82) is 0 Å². The van der Waals surface area contributed by atoms with Crippen molar-refractivity contribution in [3.63, 3.8) is 0 Å². The van der Waals surface area contributed by atoms with Gasteiger partial charge in [0.1, 0.15) is 0 Å². The van der Waals surface area contributed by atoms with E-state index in [9.17, 15) is 0 Å². The topological polar surface area (TPSA) is 21.3 Å². The zero-order valence-electron chi connectivity index (χ0n) is 9.60. The second-order valence-corrected chi connectivity index (χ2v) is 3.68. The molecule has 2 unspecified atom stereocenters. The molecule has 2 atom stereocenters. The van der Waals surface area contributed by atoms with Crippen LogP contribution < -0.4 is 5.32 Å². The van der Waals surface area contributed by atoms with Crippen LogP contribution in [-0.4, -0.2) is 26.3 Å². The fourth-order valence-electron chi connectivity index (χ4n) is 1.45. The lowest BCUT2D eigenvalue weighted by Crippen LogP contribution is -2.33. The van der Waals surface area contributed by atoms with Crippen molar-refractivity contribution >= 4 is 0 Å². The second kappa shape index (κ2) is 8.52. The molecule has 0 fully saturated rings. The SMILES string of the molecule is CCCOCCC(NC)C(C)CC. The number of rotatable bonds is 8. The molecule has 0 amide bonds. The summed E-state index contributed by atoms with van der Waals surface area (Å²) in [5.41, 5.74) is 0. The molecule has 0 aliphatic rings. The van der Waals surface area contributed by atoms with Crippen LogP contribution in [0.5, 0.6) is 0 Å². The maximum absolute atomic E-state index is 5.47. The highest BCUT2D eigenvalue weighted by molar-refractivity contribution is 4.70. The van der Waals surface area contributed by atoms with Crippen LogP contribution in [0.25, 0.3) is 0 Å². The van der Waals surface area contributed by atoms with Crippen molar-refractivity contribution in [3.8, 4) is 0 Å². The van der Waals surface area contributed by atoms with Crippen molar-refractivity contribution in [1.82, 2.24) is 5.32 Å². The zero-order valence-corrected chi connectivity index (χ0v) is 9.60. The van der Waals surface area contributed by atoms with E-state index >= 15 is 0 Å². The maximum Gasteiger partial charge on any atom is 0.0480 e. The minimum Gasteiger partial charge on any atom is -0.381 e. The first-order valence-corrected chi connectivity index (χ1v) is 5.51. The summed E-state index contributed by atoms with van der Waals surface area (Å²) in [6.45, 7) is 8.47. The van der Waals surface area contributed by atoms with Crippen LogP contribution in [0.3, 0.4) is 0 Å². The average molecular weight is 187 g/mol. The molecule has 0 radical (unpaired) electrons. The van der Waals surface area contributed by atoms with Crippen LogP contribution in [0.15, 0.2) is 0 Å². The van der Waals surface area contributed by atoms with E-state index in [2.05, 4.69) is 26.1 Å². The summed E-state index contributed by atoms with van der Waals surface area (Å²) < 4.78 is 5.47. The van der Waals surface area contributed by atoms with Crippen molar-refractivity contribution < 1.29 is 4.74 Å². The molecule has 80 valence electrons. The summed E-state index contributed by atoms with van der Waals surface area (Å²) in [5.74, 6) is 0.746. The highest BCUT2D eigenvalue weighted by Crippen LogP contribution is 2.10. The molecule has 2 nitrogen and oxygen atoms in total. The van der Waals surface area contributed by atoms with Gasteiger partial charge in [-0.05, 0) is 25.8 Å². The first-order valence-electron chi connectivity index (χ1n) is 5.51. The van der Waals surface area contributed by atoms with Gasteiger partial charge in [-0.2, -0.15) is 0 Å². The van der Waals surface area contributed by atoms with E-state index in [0.717, 1.165) is 32.0 Å².